The van der Waals surface area contributed by atoms with Gasteiger partial charge in [-0.15, -0.1) is 0 Å². The van der Waals surface area contributed by atoms with Gasteiger partial charge in [0.25, 0.3) is 11.2 Å². The van der Waals surface area contributed by atoms with E-state index in [0.29, 0.717) is 28.0 Å². The summed E-state index contributed by atoms with van der Waals surface area (Å²) in [5.74, 6) is -0.724. The fraction of sp³-hybridized carbons (Fsp3) is 0. The molecule has 0 aliphatic rings. The Balaban J connectivity index is 1.87. The Bertz CT molecular complexity index is 1440. The van der Waals surface area contributed by atoms with Crippen LogP contribution < -0.4 is 5.56 Å². The zero-order chi connectivity index (χ0) is 22.8. The van der Waals surface area contributed by atoms with Crippen LogP contribution in [0.3, 0.4) is 0 Å². The van der Waals surface area contributed by atoms with Crippen LogP contribution in [-0.2, 0) is 0 Å². The number of aromatic carboxylic acids is 1. The third-order valence-electron chi connectivity index (χ3n) is 4.76. The number of rotatable bonds is 5. The van der Waals surface area contributed by atoms with Gasteiger partial charge >= 0.3 is 5.97 Å². The number of halogens is 1. The Morgan fingerprint density at radius 3 is 2.34 bits per heavy atom. The van der Waals surface area contributed by atoms with Gasteiger partial charge in [-0.25, -0.2) is 9.78 Å². The lowest BCUT2D eigenvalue weighted by Gasteiger charge is -2.12. The molecule has 0 bridgehead atoms. The first kappa shape index (κ1) is 21.4. The number of non-ortho nitro benzene ring substituents is 1. The highest BCUT2D eigenvalue weighted by molar-refractivity contribution is 14.1. The van der Waals surface area contributed by atoms with Crippen LogP contribution in [0.1, 0.15) is 21.7 Å². The van der Waals surface area contributed by atoms with E-state index >= 15 is 0 Å². The summed E-state index contributed by atoms with van der Waals surface area (Å²) in [5, 5.41) is 20.4. The van der Waals surface area contributed by atoms with Crippen molar-refractivity contribution in [2.75, 3.05) is 0 Å². The summed E-state index contributed by atoms with van der Waals surface area (Å²) in [4.78, 5) is 39.5. The van der Waals surface area contributed by atoms with Gasteiger partial charge in [-0.2, -0.15) is 0 Å². The van der Waals surface area contributed by atoms with Gasteiger partial charge in [-0.1, -0.05) is 6.08 Å². The summed E-state index contributed by atoms with van der Waals surface area (Å²) in [6.07, 6.45) is 3.34. The second-order valence-electron chi connectivity index (χ2n) is 6.81. The van der Waals surface area contributed by atoms with Crippen LogP contribution in [0.25, 0.3) is 28.7 Å². The van der Waals surface area contributed by atoms with Crippen LogP contribution in [0.5, 0.6) is 0 Å². The van der Waals surface area contributed by atoms with Crippen LogP contribution in [0, 0.1) is 13.7 Å². The molecule has 0 unspecified atom stereocenters. The van der Waals surface area contributed by atoms with Crippen molar-refractivity contribution in [2.45, 2.75) is 0 Å². The molecule has 0 fully saturated rings. The minimum Gasteiger partial charge on any atom is -0.478 e. The van der Waals surface area contributed by atoms with Crippen LogP contribution in [0.2, 0.25) is 0 Å². The molecule has 1 N–H and O–H groups in total. The Morgan fingerprint density at radius 1 is 1.03 bits per heavy atom. The molecule has 0 saturated heterocycles. The molecule has 0 aliphatic heterocycles. The van der Waals surface area contributed by atoms with Gasteiger partial charge in [-0.3, -0.25) is 19.5 Å². The Labute approximate surface area is 194 Å². The number of carboxylic acid groups (broad SMARTS) is 1. The number of fused-ring (bicyclic) bond motifs is 1. The average molecular weight is 539 g/mol. The number of carboxylic acids is 1. The fourth-order valence-corrected chi connectivity index (χ4v) is 3.66. The summed E-state index contributed by atoms with van der Waals surface area (Å²) in [6.45, 7) is 0. The Kier molecular flexibility index (Phi) is 5.82. The SMILES string of the molecule is O=C(O)c1ccc(-n2c(/C=C/c3ccc([N+](=O)[O-])cc3)nc3ccc(I)cc3c2=O)cc1. The number of nitro groups is 1. The lowest BCUT2D eigenvalue weighted by atomic mass is 10.1. The average Bonchev–Trinajstić information content (AvgIpc) is 2.78. The molecular weight excluding hydrogens is 525 g/mol. The van der Waals surface area contributed by atoms with Gasteiger partial charge in [0.1, 0.15) is 5.82 Å². The van der Waals surface area contributed by atoms with Crippen molar-refractivity contribution < 1.29 is 14.8 Å². The lowest BCUT2D eigenvalue weighted by Crippen LogP contribution is -2.22. The zero-order valence-corrected chi connectivity index (χ0v) is 18.5. The van der Waals surface area contributed by atoms with E-state index in [1.807, 2.05) is 6.07 Å². The van der Waals surface area contributed by atoms with Crippen LogP contribution >= 0.6 is 22.6 Å². The first-order chi connectivity index (χ1) is 15.3. The topological polar surface area (TPSA) is 115 Å². The van der Waals surface area contributed by atoms with Gasteiger partial charge in [0.2, 0.25) is 0 Å². The molecule has 8 nitrogen and oxygen atoms in total. The van der Waals surface area contributed by atoms with Crippen molar-refractivity contribution in [1.82, 2.24) is 9.55 Å². The summed E-state index contributed by atoms with van der Waals surface area (Å²) >= 11 is 2.12. The smallest absolute Gasteiger partial charge is 0.335 e. The first-order valence-corrected chi connectivity index (χ1v) is 10.4. The maximum absolute atomic E-state index is 13.3. The second kappa shape index (κ2) is 8.71. The van der Waals surface area contributed by atoms with E-state index in [4.69, 9.17) is 5.11 Å². The van der Waals surface area contributed by atoms with E-state index in [-0.39, 0.29) is 16.8 Å². The van der Waals surface area contributed by atoms with Crippen molar-refractivity contribution in [3.63, 3.8) is 0 Å². The molecular formula is C23H14IN3O5. The van der Waals surface area contributed by atoms with E-state index in [1.165, 1.54) is 28.8 Å². The van der Waals surface area contributed by atoms with Gasteiger partial charge in [0, 0.05) is 15.7 Å². The summed E-state index contributed by atoms with van der Waals surface area (Å²) < 4.78 is 2.29. The standard InChI is InChI=1S/C23H14IN3O5/c24-16-6-11-20-19(13-16)22(28)26(17-9-4-15(5-10-17)23(29)30)21(25-20)12-3-14-1-7-18(8-2-14)27(31)32/h1-13H,(H,29,30)/b12-3+. The molecule has 0 aliphatic carbocycles. The highest BCUT2D eigenvalue weighted by Gasteiger charge is 2.13. The Hall–Kier alpha value is -3.86. The third kappa shape index (κ3) is 4.28. The monoisotopic (exact) mass is 539 g/mol. The molecule has 0 radical (unpaired) electrons. The molecule has 3 aromatic carbocycles. The number of hydrogen-bond acceptors (Lipinski definition) is 5. The number of hydrogen-bond donors (Lipinski definition) is 1. The fourth-order valence-electron chi connectivity index (χ4n) is 3.17. The van der Waals surface area contributed by atoms with Crippen molar-refractivity contribution in [3.8, 4) is 5.69 Å². The molecule has 4 aromatic rings. The van der Waals surface area contributed by atoms with Gasteiger partial charge in [0.05, 0.1) is 27.1 Å². The predicted octanol–water partition coefficient (Wildman–Crippen LogP) is 4.77. The predicted molar refractivity (Wildman–Crippen MR) is 129 cm³/mol. The minimum atomic E-state index is -1.06. The lowest BCUT2D eigenvalue weighted by molar-refractivity contribution is -0.384. The van der Waals surface area contributed by atoms with Gasteiger partial charge in [-0.05, 0) is 88.8 Å². The maximum atomic E-state index is 13.3. The number of nitro benzene ring substituents is 1. The summed E-state index contributed by atoms with van der Waals surface area (Å²) in [5.41, 5.74) is 1.48. The van der Waals surface area contributed by atoms with Crippen molar-refractivity contribution in [1.29, 1.82) is 0 Å². The van der Waals surface area contributed by atoms with E-state index in [0.717, 1.165) is 3.57 Å². The molecule has 32 heavy (non-hydrogen) atoms. The normalized spacial score (nSPS) is 11.2. The number of benzene rings is 3. The Morgan fingerprint density at radius 2 is 1.72 bits per heavy atom. The number of aromatic nitrogens is 2. The summed E-state index contributed by atoms with van der Waals surface area (Å²) in [6, 6.07) is 17.3. The largest absolute Gasteiger partial charge is 0.478 e. The van der Waals surface area contributed by atoms with Crippen LogP contribution in [-0.4, -0.2) is 25.6 Å². The molecule has 0 amide bonds. The van der Waals surface area contributed by atoms with E-state index in [1.54, 1.807) is 48.6 Å². The van der Waals surface area contributed by atoms with E-state index in [9.17, 15) is 19.7 Å². The maximum Gasteiger partial charge on any atom is 0.335 e. The zero-order valence-electron chi connectivity index (χ0n) is 16.3. The molecule has 1 aromatic heterocycles. The number of carbonyl (C=O) groups is 1. The molecule has 1 heterocycles. The van der Waals surface area contributed by atoms with Crippen molar-refractivity contribution >= 4 is 57.3 Å². The minimum absolute atomic E-state index is 0.0176. The highest BCUT2D eigenvalue weighted by Crippen LogP contribution is 2.19. The van der Waals surface area contributed by atoms with Crippen molar-refractivity contribution in [3.05, 3.63) is 108 Å². The van der Waals surface area contributed by atoms with E-state index in [2.05, 4.69) is 27.6 Å². The molecule has 9 heteroatoms. The first-order valence-electron chi connectivity index (χ1n) is 9.32. The molecule has 158 valence electrons. The molecule has 0 atom stereocenters. The third-order valence-corrected chi connectivity index (χ3v) is 5.43. The molecule has 0 spiro atoms. The van der Waals surface area contributed by atoms with Gasteiger partial charge in [0.15, 0.2) is 0 Å². The highest BCUT2D eigenvalue weighted by atomic mass is 127. The quantitative estimate of drug-likeness (QED) is 0.222. The van der Waals surface area contributed by atoms with Crippen LogP contribution in [0.15, 0.2) is 71.5 Å². The number of nitrogens with zero attached hydrogens (tertiary/aromatic N) is 3. The second-order valence-corrected chi connectivity index (χ2v) is 8.05. The molecule has 4 rings (SSSR count). The molecule has 0 saturated carbocycles. The van der Waals surface area contributed by atoms with Gasteiger partial charge < -0.3 is 5.11 Å². The summed E-state index contributed by atoms with van der Waals surface area (Å²) in [7, 11) is 0. The van der Waals surface area contributed by atoms with E-state index < -0.39 is 10.9 Å². The van der Waals surface area contributed by atoms with Crippen LogP contribution in [0.4, 0.5) is 5.69 Å². The van der Waals surface area contributed by atoms with Crippen molar-refractivity contribution in [2.24, 2.45) is 0 Å².